The van der Waals surface area contributed by atoms with Gasteiger partial charge in [0.1, 0.15) is 6.04 Å². The first-order valence-corrected chi connectivity index (χ1v) is 9.20. The Morgan fingerprint density at radius 1 is 1.30 bits per heavy atom. The molecule has 1 aliphatic rings. The molecule has 0 spiro atoms. The van der Waals surface area contributed by atoms with Gasteiger partial charge in [-0.1, -0.05) is 48.9 Å². The fourth-order valence-electron chi connectivity index (χ4n) is 2.69. The second kappa shape index (κ2) is 7.47. The molecule has 3 rings (SSSR count). The summed E-state index contributed by atoms with van der Waals surface area (Å²) in [5.74, 6) is 0.100. The van der Waals surface area contributed by atoms with Crippen LogP contribution in [0.15, 0.2) is 42.5 Å². The van der Waals surface area contributed by atoms with Crippen LogP contribution in [0.1, 0.15) is 36.2 Å². The van der Waals surface area contributed by atoms with Crippen LogP contribution in [0.4, 0.5) is 0 Å². The quantitative estimate of drug-likeness (QED) is 0.811. The third-order valence-corrected chi connectivity index (χ3v) is 5.26. The van der Waals surface area contributed by atoms with Gasteiger partial charge in [0.2, 0.25) is 5.91 Å². The topological polar surface area (TPSA) is 32.3 Å². The molecule has 1 aromatic heterocycles. The summed E-state index contributed by atoms with van der Waals surface area (Å²) in [4.78, 5) is 16.2. The van der Waals surface area contributed by atoms with Crippen molar-refractivity contribution in [2.24, 2.45) is 0 Å². The van der Waals surface area contributed by atoms with Gasteiger partial charge in [-0.05, 0) is 37.1 Å². The molecule has 2 aromatic rings. The molecule has 0 bridgehead atoms. The molecule has 1 fully saturated rings. The molecule has 1 amide bonds. The number of carbonyl (C=O) groups is 1. The van der Waals surface area contributed by atoms with Crippen LogP contribution in [0.3, 0.4) is 0 Å². The van der Waals surface area contributed by atoms with Crippen LogP contribution in [0.2, 0.25) is 4.34 Å². The van der Waals surface area contributed by atoms with Gasteiger partial charge in [-0.25, -0.2) is 0 Å². The van der Waals surface area contributed by atoms with Crippen LogP contribution in [-0.4, -0.2) is 23.4 Å². The number of nitrogens with zero attached hydrogens (tertiary/aromatic N) is 1. The molecular weight excluding hydrogens is 328 g/mol. The van der Waals surface area contributed by atoms with Crippen LogP contribution >= 0.6 is 22.9 Å². The van der Waals surface area contributed by atoms with Crippen LogP contribution in [-0.2, 0) is 11.3 Å². The molecule has 1 N–H and O–H groups in total. The molecule has 23 heavy (non-hydrogen) atoms. The summed E-state index contributed by atoms with van der Waals surface area (Å²) >= 11 is 7.62. The number of hydrogen-bond donors (Lipinski definition) is 1. The summed E-state index contributed by atoms with van der Waals surface area (Å²) in [6.07, 6.45) is 2.19. The number of thiophene rings is 1. The van der Waals surface area contributed by atoms with Gasteiger partial charge in [-0.3, -0.25) is 9.69 Å². The van der Waals surface area contributed by atoms with Crippen molar-refractivity contribution >= 4 is 28.8 Å². The van der Waals surface area contributed by atoms with Crippen molar-refractivity contribution < 1.29 is 4.79 Å². The monoisotopic (exact) mass is 348 g/mol. The van der Waals surface area contributed by atoms with E-state index in [0.29, 0.717) is 6.04 Å². The van der Waals surface area contributed by atoms with Gasteiger partial charge in [-0.2, -0.15) is 0 Å². The third-order valence-electron chi connectivity index (χ3n) is 4.05. The van der Waals surface area contributed by atoms with Crippen LogP contribution in [0, 0.1) is 0 Å². The highest BCUT2D eigenvalue weighted by molar-refractivity contribution is 7.16. The molecule has 3 nitrogen and oxygen atoms in total. The fraction of sp³-hybridized carbons (Fsp3) is 0.389. The van der Waals surface area contributed by atoms with E-state index in [2.05, 4.69) is 17.1 Å². The summed E-state index contributed by atoms with van der Waals surface area (Å²) in [7, 11) is 0. The molecule has 0 saturated heterocycles. The molecule has 1 atom stereocenters. The number of halogens is 1. The summed E-state index contributed by atoms with van der Waals surface area (Å²) in [6.45, 7) is 3.62. The van der Waals surface area contributed by atoms with Crippen molar-refractivity contribution in [2.45, 2.75) is 38.4 Å². The van der Waals surface area contributed by atoms with Crippen molar-refractivity contribution in [3.63, 3.8) is 0 Å². The molecule has 1 aliphatic carbocycles. The molecule has 1 saturated carbocycles. The first-order chi connectivity index (χ1) is 11.2. The maximum Gasteiger partial charge on any atom is 0.242 e. The maximum atomic E-state index is 12.8. The third kappa shape index (κ3) is 4.34. The van der Waals surface area contributed by atoms with E-state index in [9.17, 15) is 4.79 Å². The second-order valence-corrected chi connectivity index (χ2v) is 7.66. The number of carbonyl (C=O) groups excluding carboxylic acids is 1. The standard InChI is InChI=1S/C18H21ClN2OS/c1-2-21(12-15-10-11-16(19)23-15)17(13-6-4-3-5-7-13)18(22)20-14-8-9-14/h3-7,10-11,14,17H,2,8-9,12H2,1H3,(H,20,22). The Morgan fingerprint density at radius 3 is 2.61 bits per heavy atom. The van der Waals surface area contributed by atoms with Crippen LogP contribution in [0.5, 0.6) is 0 Å². The van der Waals surface area contributed by atoms with Crippen LogP contribution in [0.25, 0.3) is 0 Å². The minimum atomic E-state index is -0.261. The zero-order chi connectivity index (χ0) is 16.2. The Bertz CT molecular complexity index is 654. The molecule has 1 heterocycles. The first-order valence-electron chi connectivity index (χ1n) is 8.01. The van der Waals surface area contributed by atoms with E-state index in [4.69, 9.17) is 11.6 Å². The highest BCUT2D eigenvalue weighted by Gasteiger charge is 2.31. The predicted octanol–water partition coefficient (Wildman–Crippen LogP) is 4.24. The number of hydrogen-bond acceptors (Lipinski definition) is 3. The van der Waals surface area contributed by atoms with E-state index in [-0.39, 0.29) is 11.9 Å². The van der Waals surface area contributed by atoms with Crippen molar-refractivity contribution in [1.29, 1.82) is 0 Å². The number of benzene rings is 1. The van der Waals surface area contributed by atoms with Gasteiger partial charge in [0, 0.05) is 17.5 Å². The lowest BCUT2D eigenvalue weighted by atomic mass is 10.0. The van der Waals surface area contributed by atoms with Crippen molar-refractivity contribution in [2.75, 3.05) is 6.54 Å². The highest BCUT2D eigenvalue weighted by Crippen LogP contribution is 2.29. The van der Waals surface area contributed by atoms with Gasteiger partial charge in [-0.15, -0.1) is 11.3 Å². The summed E-state index contributed by atoms with van der Waals surface area (Å²) in [5, 5.41) is 3.15. The van der Waals surface area contributed by atoms with Gasteiger partial charge in [0.15, 0.2) is 0 Å². The molecular formula is C18H21ClN2OS. The van der Waals surface area contributed by atoms with E-state index in [1.165, 1.54) is 4.88 Å². The minimum absolute atomic E-state index is 0.100. The lowest BCUT2D eigenvalue weighted by molar-refractivity contribution is -0.127. The maximum absolute atomic E-state index is 12.8. The minimum Gasteiger partial charge on any atom is -0.352 e. The molecule has 5 heteroatoms. The Kier molecular flexibility index (Phi) is 5.36. The van der Waals surface area contributed by atoms with E-state index in [1.807, 2.05) is 42.5 Å². The lowest BCUT2D eigenvalue weighted by Gasteiger charge is -2.30. The molecule has 1 unspecified atom stereocenters. The zero-order valence-corrected chi connectivity index (χ0v) is 14.7. The number of rotatable bonds is 7. The molecule has 122 valence electrons. The molecule has 1 aromatic carbocycles. The Morgan fingerprint density at radius 2 is 2.04 bits per heavy atom. The van der Waals surface area contributed by atoms with Gasteiger partial charge in [0.25, 0.3) is 0 Å². The zero-order valence-electron chi connectivity index (χ0n) is 13.2. The summed E-state index contributed by atoms with van der Waals surface area (Å²) in [6, 6.07) is 14.1. The van der Waals surface area contributed by atoms with E-state index < -0.39 is 0 Å². The second-order valence-electron chi connectivity index (χ2n) is 5.86. The largest absolute Gasteiger partial charge is 0.352 e. The van der Waals surface area contributed by atoms with Crippen LogP contribution < -0.4 is 5.32 Å². The summed E-state index contributed by atoms with van der Waals surface area (Å²) in [5.41, 5.74) is 1.04. The fourth-order valence-corrected chi connectivity index (χ4v) is 3.81. The first kappa shape index (κ1) is 16.5. The average molecular weight is 349 g/mol. The number of likely N-dealkylation sites (N-methyl/N-ethyl adjacent to an activating group) is 1. The normalized spacial score (nSPS) is 15.6. The summed E-state index contributed by atoms with van der Waals surface area (Å²) < 4.78 is 0.787. The Labute approximate surface area is 146 Å². The van der Waals surface area contributed by atoms with E-state index in [1.54, 1.807) is 11.3 Å². The Balaban J connectivity index is 1.83. The molecule has 0 radical (unpaired) electrons. The highest BCUT2D eigenvalue weighted by atomic mass is 35.5. The molecule has 0 aliphatic heterocycles. The number of amides is 1. The van der Waals surface area contributed by atoms with Crippen molar-refractivity contribution in [1.82, 2.24) is 10.2 Å². The van der Waals surface area contributed by atoms with Crippen molar-refractivity contribution in [3.05, 3.63) is 57.2 Å². The lowest BCUT2D eigenvalue weighted by Crippen LogP contribution is -2.41. The predicted molar refractivity (Wildman–Crippen MR) is 95.8 cm³/mol. The van der Waals surface area contributed by atoms with Gasteiger partial charge < -0.3 is 5.32 Å². The number of nitrogens with one attached hydrogen (secondary N) is 1. The Hall–Kier alpha value is -1.36. The van der Waals surface area contributed by atoms with E-state index in [0.717, 1.165) is 35.8 Å². The van der Waals surface area contributed by atoms with E-state index >= 15 is 0 Å². The smallest absolute Gasteiger partial charge is 0.242 e. The average Bonchev–Trinajstić information content (AvgIpc) is 3.27. The van der Waals surface area contributed by atoms with Crippen molar-refractivity contribution in [3.8, 4) is 0 Å². The van der Waals surface area contributed by atoms with Gasteiger partial charge >= 0.3 is 0 Å². The van der Waals surface area contributed by atoms with Gasteiger partial charge in [0.05, 0.1) is 4.34 Å². The SMILES string of the molecule is CCN(Cc1ccc(Cl)s1)C(C(=O)NC1CC1)c1ccccc1.